The maximum atomic E-state index is 11.1. The third kappa shape index (κ3) is 7.04. The highest BCUT2D eigenvalue weighted by Gasteiger charge is 2.19. The van der Waals surface area contributed by atoms with Gasteiger partial charge in [0.2, 0.25) is 17.2 Å². The Labute approximate surface area is 95.2 Å². The van der Waals surface area contributed by atoms with Gasteiger partial charge in [-0.25, -0.2) is 13.9 Å². The number of esters is 1. The van der Waals surface area contributed by atoms with E-state index >= 15 is 0 Å². The number of nitrogens with one attached hydrogen (secondary N) is 2. The zero-order valence-corrected chi connectivity index (χ0v) is 9.49. The van der Waals surface area contributed by atoms with Crippen LogP contribution < -0.4 is 10.5 Å². The second kappa shape index (κ2) is 7.91. The number of aliphatic imine (C=N–C) groups is 1. The van der Waals surface area contributed by atoms with E-state index in [0.29, 0.717) is 6.42 Å². The van der Waals surface area contributed by atoms with Crippen LogP contribution in [0.5, 0.6) is 0 Å². The Kier molecular flexibility index (Phi) is 7.25. The van der Waals surface area contributed by atoms with Gasteiger partial charge < -0.3 is 10.5 Å². The van der Waals surface area contributed by atoms with E-state index < -0.39 is 23.3 Å². The summed E-state index contributed by atoms with van der Waals surface area (Å²) >= 11 is -2.29. The number of hydrogen-bond donors (Lipinski definition) is 4. The topological polar surface area (TPSA) is 138 Å². The Balaban J connectivity index is 4.16. The van der Waals surface area contributed by atoms with E-state index in [1.807, 2.05) is 0 Å². The van der Waals surface area contributed by atoms with Gasteiger partial charge in [-0.05, 0) is 12.8 Å². The standard InChI is InChI=1S/C7H14N4O4S/c1-15-6(12)5(11-16(13)14)3-2-4-10-7(8)9/h4-5,11H,2-3H2,1H3,(H3,8,9)(H,13,14)/t5-/m0/s1. The van der Waals surface area contributed by atoms with E-state index in [4.69, 9.17) is 15.7 Å². The van der Waals surface area contributed by atoms with E-state index in [2.05, 4.69) is 14.5 Å². The number of carbonyl (C=O) groups excluding carboxylic acids is 1. The van der Waals surface area contributed by atoms with Crippen LogP contribution in [0.15, 0.2) is 4.99 Å². The molecule has 16 heavy (non-hydrogen) atoms. The SMILES string of the molecule is COC(=O)[C@H](CCC=NC(=N)N)NS(=O)O. The fourth-order valence-corrected chi connectivity index (χ4v) is 1.35. The molecule has 0 saturated heterocycles. The fourth-order valence-electron chi connectivity index (χ4n) is 0.893. The van der Waals surface area contributed by atoms with Gasteiger partial charge >= 0.3 is 5.97 Å². The molecule has 9 heteroatoms. The summed E-state index contributed by atoms with van der Waals surface area (Å²) in [6.45, 7) is 0. The quantitative estimate of drug-likeness (QED) is 0.207. The number of carbonyl (C=O) groups is 1. The second-order valence-electron chi connectivity index (χ2n) is 2.72. The first kappa shape index (κ1) is 14.7. The third-order valence-corrected chi connectivity index (χ3v) is 2.03. The van der Waals surface area contributed by atoms with Gasteiger partial charge in [0, 0.05) is 6.21 Å². The van der Waals surface area contributed by atoms with Crippen LogP contribution in [0, 0.1) is 5.41 Å². The summed E-state index contributed by atoms with van der Waals surface area (Å²) in [5, 5.41) is 6.80. The summed E-state index contributed by atoms with van der Waals surface area (Å²) in [4.78, 5) is 14.6. The van der Waals surface area contributed by atoms with Gasteiger partial charge in [-0.2, -0.15) is 0 Å². The zero-order chi connectivity index (χ0) is 12.6. The molecule has 0 rings (SSSR count). The molecular formula is C7H14N4O4S. The van der Waals surface area contributed by atoms with Gasteiger partial charge in [-0.1, -0.05) is 0 Å². The predicted molar refractivity (Wildman–Crippen MR) is 59.4 cm³/mol. The monoisotopic (exact) mass is 250 g/mol. The minimum Gasteiger partial charge on any atom is -0.468 e. The van der Waals surface area contributed by atoms with Crippen LogP contribution in [-0.2, 0) is 20.8 Å². The molecule has 5 N–H and O–H groups in total. The molecule has 0 aliphatic rings. The molecular weight excluding hydrogens is 236 g/mol. The summed E-state index contributed by atoms with van der Waals surface area (Å²) in [7, 11) is 1.18. The van der Waals surface area contributed by atoms with Crippen LogP contribution in [0.2, 0.25) is 0 Å². The number of guanidine groups is 1. The lowest BCUT2D eigenvalue weighted by Crippen LogP contribution is -2.38. The van der Waals surface area contributed by atoms with Gasteiger partial charge in [-0.3, -0.25) is 14.8 Å². The van der Waals surface area contributed by atoms with Gasteiger partial charge in [0.05, 0.1) is 7.11 Å². The smallest absolute Gasteiger partial charge is 0.323 e. The summed E-state index contributed by atoms with van der Waals surface area (Å²) in [6.07, 6.45) is 1.89. The highest BCUT2D eigenvalue weighted by Crippen LogP contribution is 1.98. The Morgan fingerprint density at radius 1 is 1.81 bits per heavy atom. The van der Waals surface area contributed by atoms with E-state index in [1.54, 1.807) is 0 Å². The average Bonchev–Trinajstić information content (AvgIpc) is 2.20. The van der Waals surface area contributed by atoms with E-state index in [-0.39, 0.29) is 12.4 Å². The van der Waals surface area contributed by atoms with Crippen LogP contribution in [0.3, 0.4) is 0 Å². The molecule has 0 aliphatic carbocycles. The number of rotatable bonds is 6. The minimum absolute atomic E-state index is 0.218. The summed E-state index contributed by atoms with van der Waals surface area (Å²) in [5.74, 6) is -0.980. The molecule has 0 fully saturated rings. The van der Waals surface area contributed by atoms with Crippen LogP contribution >= 0.6 is 0 Å². The van der Waals surface area contributed by atoms with Crippen molar-refractivity contribution in [2.24, 2.45) is 10.7 Å². The summed E-state index contributed by atoms with van der Waals surface area (Å²) in [5.41, 5.74) is 4.97. The molecule has 0 saturated carbocycles. The Hall–Kier alpha value is -1.32. The lowest BCUT2D eigenvalue weighted by Gasteiger charge is -2.12. The van der Waals surface area contributed by atoms with Crippen molar-refractivity contribution < 1.29 is 18.3 Å². The van der Waals surface area contributed by atoms with Crippen molar-refractivity contribution in [1.29, 1.82) is 5.41 Å². The van der Waals surface area contributed by atoms with Gasteiger partial charge in [0.25, 0.3) is 0 Å². The maximum absolute atomic E-state index is 11.1. The molecule has 0 radical (unpaired) electrons. The zero-order valence-electron chi connectivity index (χ0n) is 8.67. The van der Waals surface area contributed by atoms with E-state index in [0.717, 1.165) is 0 Å². The number of nitrogens with zero attached hydrogens (tertiary/aromatic N) is 1. The maximum Gasteiger partial charge on any atom is 0.323 e. The van der Waals surface area contributed by atoms with Gasteiger partial charge in [0.15, 0.2) is 0 Å². The molecule has 0 aromatic rings. The van der Waals surface area contributed by atoms with Crippen molar-refractivity contribution in [2.45, 2.75) is 18.9 Å². The lowest BCUT2D eigenvalue weighted by atomic mass is 10.2. The highest BCUT2D eigenvalue weighted by molar-refractivity contribution is 7.77. The van der Waals surface area contributed by atoms with Crippen molar-refractivity contribution >= 4 is 29.4 Å². The lowest BCUT2D eigenvalue weighted by molar-refractivity contribution is -0.142. The normalized spacial score (nSPS) is 14.6. The molecule has 0 spiro atoms. The summed E-state index contributed by atoms with van der Waals surface area (Å²) in [6, 6.07) is -0.894. The molecule has 0 aromatic carbocycles. The van der Waals surface area contributed by atoms with Gasteiger partial charge in [-0.15, -0.1) is 0 Å². The fraction of sp³-hybridized carbons (Fsp3) is 0.571. The Bertz CT molecular complexity index is 307. The van der Waals surface area contributed by atoms with Crippen LogP contribution in [0.25, 0.3) is 0 Å². The average molecular weight is 250 g/mol. The molecule has 8 nitrogen and oxygen atoms in total. The molecule has 0 aromatic heterocycles. The summed E-state index contributed by atoms with van der Waals surface area (Å²) < 4.78 is 25.6. The van der Waals surface area contributed by atoms with E-state index in [1.165, 1.54) is 13.3 Å². The Morgan fingerprint density at radius 3 is 2.88 bits per heavy atom. The molecule has 1 unspecified atom stereocenters. The number of ether oxygens (including phenoxy) is 1. The molecule has 0 aliphatic heterocycles. The van der Waals surface area contributed by atoms with Crippen LogP contribution in [0.4, 0.5) is 0 Å². The largest absolute Gasteiger partial charge is 0.468 e. The second-order valence-corrected chi connectivity index (χ2v) is 3.45. The molecule has 0 heterocycles. The molecule has 92 valence electrons. The van der Waals surface area contributed by atoms with Crippen molar-refractivity contribution in [3.8, 4) is 0 Å². The number of nitrogens with two attached hydrogens (primary N) is 1. The molecule has 0 amide bonds. The first-order chi connectivity index (χ1) is 7.47. The van der Waals surface area contributed by atoms with E-state index in [9.17, 15) is 9.00 Å². The van der Waals surface area contributed by atoms with Crippen molar-refractivity contribution in [3.05, 3.63) is 0 Å². The minimum atomic E-state index is -2.29. The molecule has 0 bridgehead atoms. The number of methoxy groups -OCH3 is 1. The van der Waals surface area contributed by atoms with Gasteiger partial charge in [0.1, 0.15) is 6.04 Å². The molecule has 2 atom stereocenters. The van der Waals surface area contributed by atoms with Crippen molar-refractivity contribution in [1.82, 2.24) is 4.72 Å². The first-order valence-electron chi connectivity index (χ1n) is 4.28. The van der Waals surface area contributed by atoms with Crippen molar-refractivity contribution in [3.63, 3.8) is 0 Å². The first-order valence-corrected chi connectivity index (χ1v) is 5.39. The Morgan fingerprint density at radius 2 is 2.44 bits per heavy atom. The van der Waals surface area contributed by atoms with Crippen LogP contribution in [-0.4, -0.2) is 40.1 Å². The predicted octanol–water partition coefficient (Wildman–Crippen LogP) is -1.00. The third-order valence-electron chi connectivity index (χ3n) is 1.54. The van der Waals surface area contributed by atoms with Crippen molar-refractivity contribution in [2.75, 3.05) is 7.11 Å². The highest BCUT2D eigenvalue weighted by atomic mass is 32.2. The number of hydrogen-bond acceptors (Lipinski definition) is 4. The van der Waals surface area contributed by atoms with Crippen LogP contribution in [0.1, 0.15) is 12.8 Å².